The molecule has 1 aromatic carbocycles. The summed E-state index contributed by atoms with van der Waals surface area (Å²) in [5, 5.41) is 5.89. The molecule has 92 valence electrons. The molecule has 2 saturated heterocycles. The van der Waals surface area contributed by atoms with Crippen LogP contribution >= 0.6 is 35.0 Å². The first-order valence-corrected chi connectivity index (χ1v) is 7.72. The van der Waals surface area contributed by atoms with Gasteiger partial charge in [0.1, 0.15) is 0 Å². The molecule has 2 aliphatic rings. The molecule has 3 rings (SSSR count). The second kappa shape index (κ2) is 5.00. The number of hydrogen-bond acceptors (Lipinski definition) is 2. The van der Waals surface area contributed by atoms with Gasteiger partial charge in [-0.3, -0.25) is 0 Å². The molecule has 3 atom stereocenters. The van der Waals surface area contributed by atoms with Gasteiger partial charge in [0.2, 0.25) is 0 Å². The van der Waals surface area contributed by atoms with Gasteiger partial charge in [0.15, 0.2) is 0 Å². The standard InChI is InChI=1S/C13H15Cl2NS/c14-11-2-1-3-12(15)13(11)17-10-6-8-4-5-9(7-10)16-8/h1-3,8-10,16H,4-7H2/t8-,9+,10?. The van der Waals surface area contributed by atoms with Gasteiger partial charge in [-0.15, -0.1) is 11.8 Å². The van der Waals surface area contributed by atoms with Crippen molar-refractivity contribution in [3.8, 4) is 0 Å². The molecule has 0 aromatic heterocycles. The van der Waals surface area contributed by atoms with Crippen LogP contribution in [0.15, 0.2) is 23.1 Å². The highest BCUT2D eigenvalue weighted by Gasteiger charge is 2.34. The van der Waals surface area contributed by atoms with E-state index < -0.39 is 0 Å². The Morgan fingerprint density at radius 3 is 2.24 bits per heavy atom. The first kappa shape index (κ1) is 12.2. The molecule has 2 fully saturated rings. The highest BCUT2D eigenvalue weighted by Crippen LogP contribution is 2.42. The maximum Gasteiger partial charge on any atom is 0.0557 e. The lowest BCUT2D eigenvalue weighted by molar-refractivity contribution is 0.415. The fraction of sp³-hybridized carbons (Fsp3) is 0.538. The number of benzene rings is 1. The molecule has 17 heavy (non-hydrogen) atoms. The van der Waals surface area contributed by atoms with Crippen LogP contribution in [0.4, 0.5) is 0 Å². The van der Waals surface area contributed by atoms with E-state index >= 15 is 0 Å². The van der Waals surface area contributed by atoms with E-state index in [1.54, 1.807) is 0 Å². The summed E-state index contributed by atoms with van der Waals surface area (Å²) in [7, 11) is 0. The maximum absolute atomic E-state index is 6.22. The predicted octanol–water partition coefficient (Wildman–Crippen LogP) is 4.37. The molecule has 0 saturated carbocycles. The Kier molecular flexibility index (Phi) is 3.58. The van der Waals surface area contributed by atoms with Crippen molar-refractivity contribution in [1.29, 1.82) is 0 Å². The van der Waals surface area contributed by atoms with E-state index in [-0.39, 0.29) is 0 Å². The number of fused-ring (bicyclic) bond motifs is 2. The lowest BCUT2D eigenvalue weighted by Crippen LogP contribution is -2.39. The van der Waals surface area contributed by atoms with Gasteiger partial charge < -0.3 is 5.32 Å². The minimum atomic E-state index is 0.658. The number of hydrogen-bond donors (Lipinski definition) is 1. The van der Waals surface area contributed by atoms with Crippen LogP contribution in [0.25, 0.3) is 0 Å². The van der Waals surface area contributed by atoms with Crippen LogP contribution in [0.2, 0.25) is 10.0 Å². The molecule has 4 heteroatoms. The summed E-state index contributed by atoms with van der Waals surface area (Å²) in [4.78, 5) is 1.06. The highest BCUT2D eigenvalue weighted by atomic mass is 35.5. The van der Waals surface area contributed by atoms with Gasteiger partial charge in [0.25, 0.3) is 0 Å². The molecular formula is C13H15Cl2NS. The van der Waals surface area contributed by atoms with Gasteiger partial charge >= 0.3 is 0 Å². The first-order chi connectivity index (χ1) is 8.22. The van der Waals surface area contributed by atoms with Gasteiger partial charge in [-0.2, -0.15) is 0 Å². The Morgan fingerprint density at radius 2 is 1.65 bits per heavy atom. The summed E-state index contributed by atoms with van der Waals surface area (Å²) < 4.78 is 0. The van der Waals surface area contributed by atoms with E-state index in [9.17, 15) is 0 Å². The van der Waals surface area contributed by atoms with E-state index in [1.807, 2.05) is 30.0 Å². The summed E-state index contributed by atoms with van der Waals surface area (Å²) in [6, 6.07) is 7.18. The van der Waals surface area contributed by atoms with E-state index in [1.165, 1.54) is 25.7 Å². The van der Waals surface area contributed by atoms with Gasteiger partial charge in [-0.25, -0.2) is 0 Å². The summed E-state index contributed by atoms with van der Waals surface area (Å²) >= 11 is 14.3. The summed E-state index contributed by atoms with van der Waals surface area (Å²) in [5.74, 6) is 0. The van der Waals surface area contributed by atoms with Gasteiger partial charge in [0, 0.05) is 22.2 Å². The molecule has 2 bridgehead atoms. The molecule has 0 spiro atoms. The van der Waals surface area contributed by atoms with Crippen LogP contribution in [0.1, 0.15) is 25.7 Å². The van der Waals surface area contributed by atoms with Crippen LogP contribution in [-0.4, -0.2) is 17.3 Å². The number of piperidine rings is 1. The third-order valence-corrected chi connectivity index (χ3v) is 5.88. The summed E-state index contributed by atoms with van der Waals surface area (Å²) in [5.41, 5.74) is 0. The Morgan fingerprint density at radius 1 is 1.06 bits per heavy atom. The van der Waals surface area contributed by atoms with Crippen LogP contribution < -0.4 is 5.32 Å². The smallest absolute Gasteiger partial charge is 0.0557 e. The van der Waals surface area contributed by atoms with Gasteiger partial charge in [0.05, 0.1) is 10.0 Å². The lowest BCUT2D eigenvalue weighted by Gasteiger charge is -2.29. The largest absolute Gasteiger partial charge is 0.311 e. The molecule has 2 heterocycles. The van der Waals surface area contributed by atoms with Crippen LogP contribution in [0.5, 0.6) is 0 Å². The van der Waals surface area contributed by atoms with Crippen molar-refractivity contribution >= 4 is 35.0 Å². The third-order valence-electron chi connectivity index (χ3n) is 3.63. The second-order valence-electron chi connectivity index (χ2n) is 4.90. The fourth-order valence-corrected chi connectivity index (χ4v) is 4.88. The summed E-state index contributed by atoms with van der Waals surface area (Å²) in [6.07, 6.45) is 5.14. The normalized spacial score (nSPS) is 31.8. The minimum absolute atomic E-state index is 0.658. The predicted molar refractivity (Wildman–Crippen MR) is 75.3 cm³/mol. The highest BCUT2D eigenvalue weighted by molar-refractivity contribution is 8.00. The molecule has 1 unspecified atom stereocenters. The van der Waals surface area contributed by atoms with Gasteiger partial charge in [-0.1, -0.05) is 29.3 Å². The molecule has 0 amide bonds. The SMILES string of the molecule is Clc1cccc(Cl)c1SC1C[C@H]2CC[C@@H](C1)N2. The van der Waals surface area contributed by atoms with E-state index in [0.29, 0.717) is 17.3 Å². The molecular weight excluding hydrogens is 273 g/mol. The molecule has 1 nitrogen and oxygen atoms in total. The van der Waals surface area contributed by atoms with Crippen LogP contribution in [0, 0.1) is 0 Å². The van der Waals surface area contributed by atoms with Crippen LogP contribution in [0.3, 0.4) is 0 Å². The number of rotatable bonds is 2. The number of thioether (sulfide) groups is 1. The van der Waals surface area contributed by atoms with E-state index in [4.69, 9.17) is 23.2 Å². The van der Waals surface area contributed by atoms with E-state index in [2.05, 4.69) is 5.32 Å². The molecule has 0 radical (unpaired) electrons. The zero-order chi connectivity index (χ0) is 11.8. The molecule has 0 aliphatic carbocycles. The van der Waals surface area contributed by atoms with Gasteiger partial charge in [-0.05, 0) is 37.8 Å². The van der Waals surface area contributed by atoms with Crippen molar-refractivity contribution < 1.29 is 0 Å². The van der Waals surface area contributed by atoms with E-state index in [0.717, 1.165) is 14.9 Å². The quantitative estimate of drug-likeness (QED) is 0.867. The van der Waals surface area contributed by atoms with Crippen molar-refractivity contribution in [3.05, 3.63) is 28.2 Å². The van der Waals surface area contributed by atoms with Crippen molar-refractivity contribution in [1.82, 2.24) is 5.32 Å². The number of halogens is 2. The van der Waals surface area contributed by atoms with Crippen molar-refractivity contribution in [2.24, 2.45) is 0 Å². The average Bonchev–Trinajstić information content (AvgIpc) is 2.64. The van der Waals surface area contributed by atoms with Crippen molar-refractivity contribution in [2.45, 2.75) is 47.9 Å². The fourth-order valence-electron chi connectivity index (χ4n) is 2.86. The number of nitrogens with one attached hydrogen (secondary N) is 1. The average molecular weight is 288 g/mol. The summed E-state index contributed by atoms with van der Waals surface area (Å²) in [6.45, 7) is 0. The minimum Gasteiger partial charge on any atom is -0.311 e. The molecule has 2 aliphatic heterocycles. The Labute approximate surface area is 116 Å². The zero-order valence-electron chi connectivity index (χ0n) is 9.46. The van der Waals surface area contributed by atoms with Crippen molar-refractivity contribution in [2.75, 3.05) is 0 Å². The Hall–Kier alpha value is 0.110. The third kappa shape index (κ3) is 2.60. The Balaban J connectivity index is 1.74. The zero-order valence-corrected chi connectivity index (χ0v) is 11.8. The molecule has 1 aromatic rings. The molecule has 1 N–H and O–H groups in total. The maximum atomic E-state index is 6.22. The Bertz CT molecular complexity index is 392. The van der Waals surface area contributed by atoms with Crippen molar-refractivity contribution in [3.63, 3.8) is 0 Å². The first-order valence-electron chi connectivity index (χ1n) is 6.09. The second-order valence-corrected chi connectivity index (χ2v) is 7.02. The lowest BCUT2D eigenvalue weighted by atomic mass is 10.1. The van der Waals surface area contributed by atoms with Crippen LogP contribution in [-0.2, 0) is 0 Å². The topological polar surface area (TPSA) is 12.0 Å². The monoisotopic (exact) mass is 287 g/mol.